The zero-order valence-electron chi connectivity index (χ0n) is 14.4. The van der Waals surface area contributed by atoms with Crippen LogP contribution in [0.15, 0.2) is 52.5 Å². The minimum Gasteiger partial charge on any atom is -0.494 e. The number of nitrogens with zero attached hydrogens (tertiary/aromatic N) is 2. The molecule has 7 heteroatoms. The first-order chi connectivity index (χ1) is 12.7. The molecule has 1 amide bonds. The largest absolute Gasteiger partial charge is 0.494 e. The molecule has 26 heavy (non-hydrogen) atoms. The van der Waals surface area contributed by atoms with Crippen molar-refractivity contribution >= 4 is 46.2 Å². The summed E-state index contributed by atoms with van der Waals surface area (Å²) in [5.41, 5.74) is 2.81. The van der Waals surface area contributed by atoms with Crippen molar-refractivity contribution in [2.24, 2.45) is 0 Å². The molecule has 0 unspecified atom stereocenters. The van der Waals surface area contributed by atoms with Crippen LogP contribution in [-0.4, -0.2) is 40.5 Å². The number of benzene rings is 2. The first kappa shape index (κ1) is 17.3. The highest BCUT2D eigenvalue weighted by Crippen LogP contribution is 2.35. The number of aromatic nitrogens is 2. The minimum atomic E-state index is 0.109. The Hall–Kier alpha value is -2.12. The fourth-order valence-corrected chi connectivity index (χ4v) is 4.68. The summed E-state index contributed by atoms with van der Waals surface area (Å²) in [6.07, 6.45) is 0. The molecule has 1 N–H and O–H groups in total. The second-order valence-electron chi connectivity index (χ2n) is 5.80. The molecule has 4 rings (SSSR count). The molecular weight excluding hydrogens is 366 g/mol. The Bertz CT molecular complexity index is 941. The van der Waals surface area contributed by atoms with Crippen LogP contribution in [0.25, 0.3) is 11.0 Å². The lowest BCUT2D eigenvalue weighted by atomic mass is 10.3. The average Bonchev–Trinajstić information content (AvgIpc) is 3.08. The number of carbonyl (C=O) groups is 1. The van der Waals surface area contributed by atoms with Gasteiger partial charge in [0.15, 0.2) is 5.16 Å². The third-order valence-electron chi connectivity index (χ3n) is 4.10. The molecule has 2 heterocycles. The summed E-state index contributed by atoms with van der Waals surface area (Å²) in [5.74, 6) is 2.21. The number of anilines is 1. The third kappa shape index (κ3) is 3.54. The lowest BCUT2D eigenvalue weighted by molar-refractivity contribution is -0.116. The van der Waals surface area contributed by atoms with Gasteiger partial charge in [-0.3, -0.25) is 4.79 Å². The molecule has 0 saturated heterocycles. The van der Waals surface area contributed by atoms with E-state index in [0.29, 0.717) is 12.4 Å². The van der Waals surface area contributed by atoms with Crippen molar-refractivity contribution in [3.63, 3.8) is 0 Å². The highest BCUT2D eigenvalue weighted by molar-refractivity contribution is 8.00. The molecule has 0 aliphatic carbocycles. The fourth-order valence-electron chi connectivity index (χ4n) is 2.93. The highest BCUT2D eigenvalue weighted by atomic mass is 32.2. The lowest BCUT2D eigenvalue weighted by Gasteiger charge is -2.28. The molecule has 0 atom stereocenters. The number of hydrogen-bond donors (Lipinski definition) is 1. The van der Waals surface area contributed by atoms with Crippen LogP contribution in [0.4, 0.5) is 5.69 Å². The second kappa shape index (κ2) is 7.63. The van der Waals surface area contributed by atoms with Crippen LogP contribution >= 0.6 is 23.5 Å². The first-order valence-corrected chi connectivity index (χ1v) is 10.5. The Labute approximate surface area is 160 Å². The monoisotopic (exact) mass is 385 g/mol. The second-order valence-corrected chi connectivity index (χ2v) is 7.90. The van der Waals surface area contributed by atoms with Gasteiger partial charge in [-0.05, 0) is 31.2 Å². The van der Waals surface area contributed by atoms with Gasteiger partial charge in [-0.2, -0.15) is 0 Å². The van der Waals surface area contributed by atoms with E-state index in [2.05, 4.69) is 16.0 Å². The Kier molecular flexibility index (Phi) is 5.08. The van der Waals surface area contributed by atoms with Gasteiger partial charge in [0.25, 0.3) is 0 Å². The van der Waals surface area contributed by atoms with Gasteiger partial charge in [0.1, 0.15) is 5.75 Å². The molecule has 1 aromatic heterocycles. The van der Waals surface area contributed by atoms with Crippen LogP contribution < -0.4 is 9.64 Å². The van der Waals surface area contributed by atoms with Crippen molar-refractivity contribution in [2.75, 3.05) is 29.6 Å². The molecular formula is C19H19N3O2S2. The summed E-state index contributed by atoms with van der Waals surface area (Å²) in [4.78, 5) is 23.6. The Morgan fingerprint density at radius 1 is 1.35 bits per heavy atom. The van der Waals surface area contributed by atoms with Gasteiger partial charge in [-0.1, -0.05) is 23.9 Å². The minimum absolute atomic E-state index is 0.109. The van der Waals surface area contributed by atoms with Crippen LogP contribution in [0.2, 0.25) is 0 Å². The lowest BCUT2D eigenvalue weighted by Crippen LogP contribution is -2.36. The quantitative estimate of drug-likeness (QED) is 0.667. The predicted molar refractivity (Wildman–Crippen MR) is 108 cm³/mol. The van der Waals surface area contributed by atoms with Crippen molar-refractivity contribution < 1.29 is 9.53 Å². The third-order valence-corrected chi connectivity index (χ3v) is 6.01. The number of H-pyrrole nitrogens is 1. The molecule has 0 radical (unpaired) electrons. The Morgan fingerprint density at radius 3 is 3.12 bits per heavy atom. The van der Waals surface area contributed by atoms with Crippen LogP contribution in [0.3, 0.4) is 0 Å². The van der Waals surface area contributed by atoms with Gasteiger partial charge in [-0.15, -0.1) is 11.8 Å². The summed E-state index contributed by atoms with van der Waals surface area (Å²) >= 11 is 3.24. The summed E-state index contributed by atoms with van der Waals surface area (Å²) in [5, 5.41) is 0.752. The van der Waals surface area contributed by atoms with E-state index in [4.69, 9.17) is 4.74 Å². The van der Waals surface area contributed by atoms with E-state index in [1.807, 2.05) is 48.2 Å². The number of ether oxygens (including phenoxy) is 1. The number of imidazole rings is 1. The van der Waals surface area contributed by atoms with Gasteiger partial charge >= 0.3 is 0 Å². The van der Waals surface area contributed by atoms with Crippen molar-refractivity contribution in [2.45, 2.75) is 17.0 Å². The van der Waals surface area contributed by atoms with Gasteiger partial charge in [0.05, 0.1) is 29.1 Å². The van der Waals surface area contributed by atoms with E-state index >= 15 is 0 Å². The van der Waals surface area contributed by atoms with Crippen molar-refractivity contribution in [1.29, 1.82) is 0 Å². The number of carbonyl (C=O) groups excluding carboxylic acids is 1. The zero-order valence-corrected chi connectivity index (χ0v) is 16.0. The van der Waals surface area contributed by atoms with Gasteiger partial charge in [-0.25, -0.2) is 4.98 Å². The van der Waals surface area contributed by atoms with E-state index in [1.165, 1.54) is 16.7 Å². The molecule has 5 nitrogen and oxygen atoms in total. The molecule has 0 saturated carbocycles. The first-order valence-electron chi connectivity index (χ1n) is 8.52. The number of para-hydroxylation sites is 1. The predicted octanol–water partition coefficient (Wildman–Crippen LogP) is 4.19. The summed E-state index contributed by atoms with van der Waals surface area (Å²) in [7, 11) is 0. The van der Waals surface area contributed by atoms with Gasteiger partial charge < -0.3 is 14.6 Å². The van der Waals surface area contributed by atoms with E-state index in [9.17, 15) is 4.79 Å². The number of hydrogen-bond acceptors (Lipinski definition) is 5. The van der Waals surface area contributed by atoms with E-state index in [1.54, 1.807) is 11.8 Å². The standard InChI is InChI=1S/C19H19N3O2S2/c1-2-24-13-7-8-14-15(11-13)21-19(20-14)26-12-18(23)22-9-10-25-17-6-4-3-5-16(17)22/h3-8,11H,2,9-10,12H2,1H3,(H,20,21). The number of aromatic amines is 1. The Morgan fingerprint density at radius 2 is 2.23 bits per heavy atom. The average molecular weight is 386 g/mol. The summed E-state index contributed by atoms with van der Waals surface area (Å²) in [6, 6.07) is 13.9. The fraction of sp³-hybridized carbons (Fsp3) is 0.263. The highest BCUT2D eigenvalue weighted by Gasteiger charge is 2.22. The maximum Gasteiger partial charge on any atom is 0.237 e. The maximum atomic E-state index is 12.7. The van der Waals surface area contributed by atoms with Gasteiger partial charge in [0.2, 0.25) is 5.91 Å². The number of nitrogens with one attached hydrogen (secondary N) is 1. The normalized spacial score (nSPS) is 13.7. The van der Waals surface area contributed by atoms with E-state index in [0.717, 1.165) is 39.9 Å². The summed E-state index contributed by atoms with van der Waals surface area (Å²) < 4.78 is 5.52. The number of fused-ring (bicyclic) bond motifs is 2. The number of amides is 1. The molecule has 2 aromatic carbocycles. The maximum absolute atomic E-state index is 12.7. The van der Waals surface area contributed by atoms with Crippen LogP contribution in [0, 0.1) is 0 Å². The topological polar surface area (TPSA) is 58.2 Å². The Balaban J connectivity index is 1.46. The van der Waals surface area contributed by atoms with Crippen LogP contribution in [-0.2, 0) is 4.79 Å². The number of thioether (sulfide) groups is 2. The van der Waals surface area contributed by atoms with E-state index < -0.39 is 0 Å². The summed E-state index contributed by atoms with van der Waals surface area (Å²) in [6.45, 7) is 3.34. The molecule has 0 bridgehead atoms. The molecule has 1 aliphatic heterocycles. The molecule has 0 spiro atoms. The molecule has 3 aromatic rings. The SMILES string of the molecule is CCOc1ccc2nc(SCC(=O)N3CCSc4ccccc43)[nH]c2c1. The van der Waals surface area contributed by atoms with Crippen molar-refractivity contribution in [3.05, 3.63) is 42.5 Å². The van der Waals surface area contributed by atoms with Crippen LogP contribution in [0.1, 0.15) is 6.92 Å². The zero-order chi connectivity index (χ0) is 17.9. The van der Waals surface area contributed by atoms with Crippen molar-refractivity contribution in [3.8, 4) is 5.75 Å². The molecule has 134 valence electrons. The smallest absolute Gasteiger partial charge is 0.237 e. The van der Waals surface area contributed by atoms with Gasteiger partial charge in [0, 0.05) is 23.3 Å². The van der Waals surface area contributed by atoms with Crippen LogP contribution in [0.5, 0.6) is 5.75 Å². The van der Waals surface area contributed by atoms with E-state index in [-0.39, 0.29) is 5.91 Å². The number of rotatable bonds is 5. The van der Waals surface area contributed by atoms with Crippen molar-refractivity contribution in [1.82, 2.24) is 9.97 Å². The molecule has 0 fully saturated rings. The molecule has 1 aliphatic rings.